The minimum absolute atomic E-state index is 0.104. The van der Waals surface area contributed by atoms with Crippen molar-refractivity contribution in [3.8, 4) is 11.3 Å². The molecule has 126 valence electrons. The average Bonchev–Trinajstić information content (AvgIpc) is 3.11. The Morgan fingerprint density at radius 1 is 1.04 bits per heavy atom. The van der Waals surface area contributed by atoms with Gasteiger partial charge in [0.15, 0.2) is 0 Å². The number of aromatic carboxylic acids is 1. The topological polar surface area (TPSA) is 79.5 Å². The third-order valence-corrected chi connectivity index (χ3v) is 3.80. The summed E-state index contributed by atoms with van der Waals surface area (Å²) in [4.78, 5) is 23.1. The van der Waals surface area contributed by atoms with E-state index in [0.717, 1.165) is 16.7 Å². The molecule has 3 aromatic rings. The molecule has 0 aliphatic heterocycles. The second-order valence-corrected chi connectivity index (χ2v) is 5.72. The number of amides is 1. The summed E-state index contributed by atoms with van der Waals surface area (Å²) in [6, 6.07) is 17.8. The third kappa shape index (κ3) is 3.95. The number of hydrogen-bond acceptors (Lipinski definition) is 3. The molecule has 5 heteroatoms. The van der Waals surface area contributed by atoms with Crippen molar-refractivity contribution in [3.05, 3.63) is 83.1 Å². The summed E-state index contributed by atoms with van der Waals surface area (Å²) in [5, 5.41) is 11.8. The van der Waals surface area contributed by atoms with Crippen LogP contribution in [0, 0.1) is 6.92 Å². The van der Waals surface area contributed by atoms with Crippen LogP contribution in [0.4, 0.5) is 0 Å². The number of benzene rings is 2. The predicted molar refractivity (Wildman–Crippen MR) is 93.5 cm³/mol. The molecule has 2 aromatic carbocycles. The lowest BCUT2D eigenvalue weighted by Gasteiger charge is -2.07. The summed E-state index contributed by atoms with van der Waals surface area (Å²) >= 11 is 0. The number of rotatable bonds is 5. The van der Waals surface area contributed by atoms with Crippen LogP contribution in [0.2, 0.25) is 0 Å². The second kappa shape index (κ2) is 7.05. The fraction of sp³-hybridized carbons (Fsp3) is 0.100. The Morgan fingerprint density at radius 3 is 2.48 bits per heavy atom. The largest absolute Gasteiger partial charge is 0.475 e. The number of carboxylic acid groups (broad SMARTS) is 1. The highest BCUT2D eigenvalue weighted by Crippen LogP contribution is 2.23. The standard InChI is InChI=1S/C20H17NO4/c1-13-5-7-15(8-6-13)19(22)21-12-14-3-2-4-16(11-14)17-9-10-18(25-17)20(23)24/h2-11H,12H2,1H3,(H,21,22)(H,23,24). The highest BCUT2D eigenvalue weighted by Gasteiger charge is 2.11. The number of aryl methyl sites for hydroxylation is 1. The smallest absolute Gasteiger partial charge is 0.371 e. The van der Waals surface area contributed by atoms with E-state index < -0.39 is 5.97 Å². The molecule has 0 bridgehead atoms. The zero-order chi connectivity index (χ0) is 17.8. The lowest BCUT2D eigenvalue weighted by molar-refractivity contribution is 0.0663. The minimum atomic E-state index is -1.10. The summed E-state index contributed by atoms with van der Waals surface area (Å²) in [7, 11) is 0. The van der Waals surface area contributed by atoms with Crippen LogP contribution < -0.4 is 5.32 Å². The van der Waals surface area contributed by atoms with Crippen LogP contribution in [-0.2, 0) is 6.54 Å². The Bertz CT molecular complexity index is 909. The van der Waals surface area contributed by atoms with E-state index in [2.05, 4.69) is 5.32 Å². The minimum Gasteiger partial charge on any atom is -0.475 e. The molecule has 0 saturated carbocycles. The van der Waals surface area contributed by atoms with Crippen LogP contribution in [-0.4, -0.2) is 17.0 Å². The maximum atomic E-state index is 12.2. The molecule has 1 heterocycles. The van der Waals surface area contributed by atoms with Gasteiger partial charge in [-0.1, -0.05) is 35.9 Å². The fourth-order valence-electron chi connectivity index (χ4n) is 2.43. The summed E-state index contributed by atoms with van der Waals surface area (Å²) in [6.07, 6.45) is 0. The molecule has 1 aromatic heterocycles. The van der Waals surface area contributed by atoms with Gasteiger partial charge in [0, 0.05) is 17.7 Å². The van der Waals surface area contributed by atoms with Crippen LogP contribution in [0.15, 0.2) is 65.1 Å². The van der Waals surface area contributed by atoms with Gasteiger partial charge in [0.25, 0.3) is 5.91 Å². The number of carbonyl (C=O) groups excluding carboxylic acids is 1. The van der Waals surface area contributed by atoms with E-state index in [-0.39, 0.29) is 11.7 Å². The fourth-order valence-corrected chi connectivity index (χ4v) is 2.43. The summed E-state index contributed by atoms with van der Waals surface area (Å²) < 4.78 is 5.31. The van der Waals surface area contributed by atoms with E-state index in [0.29, 0.717) is 17.9 Å². The normalized spacial score (nSPS) is 10.4. The summed E-state index contributed by atoms with van der Waals surface area (Å²) in [6.45, 7) is 2.34. The number of furan rings is 1. The van der Waals surface area contributed by atoms with Crippen LogP contribution >= 0.6 is 0 Å². The number of carboxylic acids is 1. The van der Waals surface area contributed by atoms with Gasteiger partial charge in [-0.3, -0.25) is 4.79 Å². The lowest BCUT2D eigenvalue weighted by atomic mass is 10.1. The third-order valence-electron chi connectivity index (χ3n) is 3.80. The van der Waals surface area contributed by atoms with Gasteiger partial charge in [0.2, 0.25) is 5.76 Å². The van der Waals surface area contributed by atoms with E-state index in [1.54, 1.807) is 18.2 Å². The van der Waals surface area contributed by atoms with Crippen molar-refractivity contribution in [2.75, 3.05) is 0 Å². The molecule has 0 aliphatic rings. The molecular formula is C20H17NO4. The maximum absolute atomic E-state index is 12.2. The van der Waals surface area contributed by atoms with E-state index in [1.807, 2.05) is 43.3 Å². The average molecular weight is 335 g/mol. The Hall–Kier alpha value is -3.34. The van der Waals surface area contributed by atoms with Crippen molar-refractivity contribution in [2.24, 2.45) is 0 Å². The van der Waals surface area contributed by atoms with Crippen LogP contribution in [0.1, 0.15) is 32.0 Å². The monoisotopic (exact) mass is 335 g/mol. The van der Waals surface area contributed by atoms with Gasteiger partial charge < -0.3 is 14.8 Å². The molecule has 0 unspecified atom stereocenters. The predicted octanol–water partition coefficient (Wildman–Crippen LogP) is 3.88. The zero-order valence-electron chi connectivity index (χ0n) is 13.7. The van der Waals surface area contributed by atoms with E-state index in [1.165, 1.54) is 6.07 Å². The maximum Gasteiger partial charge on any atom is 0.371 e. The molecule has 5 nitrogen and oxygen atoms in total. The highest BCUT2D eigenvalue weighted by molar-refractivity contribution is 5.94. The number of hydrogen-bond donors (Lipinski definition) is 2. The number of nitrogens with one attached hydrogen (secondary N) is 1. The molecule has 0 spiro atoms. The van der Waals surface area contributed by atoms with Crippen molar-refractivity contribution < 1.29 is 19.1 Å². The van der Waals surface area contributed by atoms with Gasteiger partial charge in [-0.05, 0) is 42.8 Å². The van der Waals surface area contributed by atoms with Crippen LogP contribution in [0.25, 0.3) is 11.3 Å². The quantitative estimate of drug-likeness (QED) is 0.741. The van der Waals surface area contributed by atoms with Gasteiger partial charge in [-0.2, -0.15) is 0 Å². The Kier molecular flexibility index (Phi) is 4.66. The SMILES string of the molecule is Cc1ccc(C(=O)NCc2cccc(-c3ccc(C(=O)O)o3)c2)cc1. The number of carbonyl (C=O) groups is 2. The molecule has 25 heavy (non-hydrogen) atoms. The van der Waals surface area contributed by atoms with Crippen molar-refractivity contribution in [3.63, 3.8) is 0 Å². The molecule has 1 amide bonds. The lowest BCUT2D eigenvalue weighted by Crippen LogP contribution is -2.22. The van der Waals surface area contributed by atoms with E-state index in [4.69, 9.17) is 9.52 Å². The first-order valence-electron chi connectivity index (χ1n) is 7.80. The van der Waals surface area contributed by atoms with Crippen molar-refractivity contribution in [1.29, 1.82) is 0 Å². The first kappa shape index (κ1) is 16.5. The molecule has 3 rings (SSSR count). The first-order chi connectivity index (χ1) is 12.0. The van der Waals surface area contributed by atoms with Crippen molar-refractivity contribution in [1.82, 2.24) is 5.32 Å². The van der Waals surface area contributed by atoms with Crippen LogP contribution in [0.5, 0.6) is 0 Å². The van der Waals surface area contributed by atoms with Gasteiger partial charge in [0.1, 0.15) is 5.76 Å². The molecule has 2 N–H and O–H groups in total. The first-order valence-corrected chi connectivity index (χ1v) is 7.80. The Labute approximate surface area is 144 Å². The second-order valence-electron chi connectivity index (χ2n) is 5.72. The van der Waals surface area contributed by atoms with Crippen LogP contribution in [0.3, 0.4) is 0 Å². The summed E-state index contributed by atoms with van der Waals surface area (Å²) in [5.74, 6) is -0.874. The van der Waals surface area contributed by atoms with Crippen molar-refractivity contribution in [2.45, 2.75) is 13.5 Å². The van der Waals surface area contributed by atoms with E-state index in [9.17, 15) is 9.59 Å². The molecular weight excluding hydrogens is 318 g/mol. The van der Waals surface area contributed by atoms with Gasteiger partial charge in [-0.15, -0.1) is 0 Å². The molecule has 0 saturated heterocycles. The van der Waals surface area contributed by atoms with Crippen molar-refractivity contribution >= 4 is 11.9 Å². The van der Waals surface area contributed by atoms with Gasteiger partial charge >= 0.3 is 5.97 Å². The summed E-state index contributed by atoms with van der Waals surface area (Å²) in [5.41, 5.74) is 3.36. The molecule has 0 atom stereocenters. The van der Waals surface area contributed by atoms with E-state index >= 15 is 0 Å². The van der Waals surface area contributed by atoms with Gasteiger partial charge in [0.05, 0.1) is 0 Å². The van der Waals surface area contributed by atoms with Gasteiger partial charge in [-0.25, -0.2) is 4.79 Å². The zero-order valence-corrected chi connectivity index (χ0v) is 13.7. The Balaban J connectivity index is 1.70. The molecule has 0 radical (unpaired) electrons. The molecule has 0 aliphatic carbocycles. The Morgan fingerprint density at radius 2 is 1.80 bits per heavy atom. The molecule has 0 fully saturated rings. The highest BCUT2D eigenvalue weighted by atomic mass is 16.4.